The van der Waals surface area contributed by atoms with Crippen molar-refractivity contribution in [3.05, 3.63) is 69.7 Å². The minimum Gasteiger partial charge on any atom is -0.370 e. The van der Waals surface area contributed by atoms with Crippen LogP contribution in [0.15, 0.2) is 48.5 Å². The summed E-state index contributed by atoms with van der Waals surface area (Å²) in [5.74, 6) is -0.0456. The molecule has 3 rings (SSSR count). The SMILES string of the molecule is O=C(Cc1ccc(Cl)cc1Cl)N[C@@H](C[NH+]1CCOCC1)c1ccccc1. The summed E-state index contributed by atoms with van der Waals surface area (Å²) in [5.41, 5.74) is 1.89. The number of benzene rings is 2. The van der Waals surface area contributed by atoms with Crippen molar-refractivity contribution in [2.24, 2.45) is 0 Å². The van der Waals surface area contributed by atoms with Crippen LogP contribution >= 0.6 is 23.2 Å². The molecule has 2 aromatic carbocycles. The van der Waals surface area contributed by atoms with E-state index in [1.54, 1.807) is 18.2 Å². The Balaban J connectivity index is 1.68. The zero-order chi connectivity index (χ0) is 18.4. The first kappa shape index (κ1) is 19.2. The number of carbonyl (C=O) groups is 1. The minimum absolute atomic E-state index is 0.0390. The summed E-state index contributed by atoms with van der Waals surface area (Å²) >= 11 is 12.1. The van der Waals surface area contributed by atoms with Gasteiger partial charge in [-0.3, -0.25) is 4.79 Å². The summed E-state index contributed by atoms with van der Waals surface area (Å²) in [6.07, 6.45) is 0.234. The van der Waals surface area contributed by atoms with E-state index in [1.807, 2.05) is 18.2 Å². The molecule has 0 radical (unpaired) electrons. The van der Waals surface area contributed by atoms with Crippen LogP contribution in [0.1, 0.15) is 17.2 Å². The largest absolute Gasteiger partial charge is 0.370 e. The fraction of sp³-hybridized carbons (Fsp3) is 0.350. The van der Waals surface area contributed by atoms with Crippen LogP contribution in [-0.2, 0) is 16.0 Å². The van der Waals surface area contributed by atoms with Gasteiger partial charge in [-0.25, -0.2) is 0 Å². The third kappa shape index (κ3) is 5.45. The molecule has 0 saturated carbocycles. The van der Waals surface area contributed by atoms with Crippen LogP contribution in [-0.4, -0.2) is 38.8 Å². The van der Waals surface area contributed by atoms with Crippen LogP contribution in [0, 0.1) is 0 Å². The molecule has 1 aliphatic heterocycles. The first-order valence-electron chi connectivity index (χ1n) is 8.81. The molecule has 4 nitrogen and oxygen atoms in total. The predicted octanol–water partition coefficient (Wildman–Crippen LogP) is 2.31. The fourth-order valence-corrected chi connectivity index (χ4v) is 3.65. The normalized spacial score (nSPS) is 16.2. The number of carbonyl (C=O) groups excluding carboxylic acids is 1. The van der Waals surface area contributed by atoms with Gasteiger partial charge in [-0.05, 0) is 23.3 Å². The summed E-state index contributed by atoms with van der Waals surface area (Å²) in [7, 11) is 0. The molecule has 26 heavy (non-hydrogen) atoms. The molecule has 0 bridgehead atoms. The molecule has 0 aromatic heterocycles. The monoisotopic (exact) mass is 393 g/mol. The number of hydrogen-bond acceptors (Lipinski definition) is 2. The highest BCUT2D eigenvalue weighted by Crippen LogP contribution is 2.21. The van der Waals surface area contributed by atoms with Gasteiger partial charge >= 0.3 is 0 Å². The van der Waals surface area contributed by atoms with E-state index in [1.165, 1.54) is 4.90 Å². The van der Waals surface area contributed by atoms with E-state index in [0.717, 1.165) is 44.0 Å². The molecule has 1 aliphatic rings. The molecule has 1 heterocycles. The van der Waals surface area contributed by atoms with Gasteiger partial charge in [0.05, 0.1) is 19.6 Å². The molecule has 2 aromatic rings. The van der Waals surface area contributed by atoms with Crippen molar-refractivity contribution in [1.82, 2.24) is 5.32 Å². The van der Waals surface area contributed by atoms with Gasteiger partial charge in [0.25, 0.3) is 0 Å². The lowest BCUT2D eigenvalue weighted by Gasteiger charge is -2.28. The smallest absolute Gasteiger partial charge is 0.225 e. The van der Waals surface area contributed by atoms with Gasteiger partial charge in [0, 0.05) is 10.0 Å². The highest BCUT2D eigenvalue weighted by Gasteiger charge is 2.23. The first-order valence-corrected chi connectivity index (χ1v) is 9.57. The van der Waals surface area contributed by atoms with E-state index in [9.17, 15) is 4.79 Å². The van der Waals surface area contributed by atoms with E-state index < -0.39 is 0 Å². The Morgan fingerprint density at radius 1 is 1.12 bits per heavy atom. The van der Waals surface area contributed by atoms with Gasteiger partial charge in [-0.2, -0.15) is 0 Å². The molecule has 2 N–H and O–H groups in total. The summed E-state index contributed by atoms with van der Waals surface area (Å²) in [6, 6.07) is 15.3. The zero-order valence-electron chi connectivity index (χ0n) is 14.5. The van der Waals surface area contributed by atoms with Crippen molar-refractivity contribution in [3.8, 4) is 0 Å². The summed E-state index contributed by atoms with van der Waals surface area (Å²) in [4.78, 5) is 14.1. The molecule has 0 aliphatic carbocycles. The zero-order valence-corrected chi connectivity index (χ0v) is 16.0. The number of ether oxygens (including phenoxy) is 1. The maximum atomic E-state index is 12.6. The number of halogens is 2. The van der Waals surface area contributed by atoms with Crippen LogP contribution < -0.4 is 10.2 Å². The molecular weight excluding hydrogens is 371 g/mol. The van der Waals surface area contributed by atoms with E-state index in [2.05, 4.69) is 17.4 Å². The second kappa shape index (κ2) is 9.38. The number of nitrogens with one attached hydrogen (secondary N) is 2. The summed E-state index contributed by atoms with van der Waals surface area (Å²) in [6.45, 7) is 4.30. The molecule has 0 spiro atoms. The Morgan fingerprint density at radius 3 is 2.54 bits per heavy atom. The fourth-order valence-electron chi connectivity index (χ4n) is 3.17. The van der Waals surface area contributed by atoms with E-state index in [4.69, 9.17) is 27.9 Å². The average Bonchev–Trinajstić information content (AvgIpc) is 2.65. The van der Waals surface area contributed by atoms with Gasteiger partial charge < -0.3 is 15.0 Å². The lowest BCUT2D eigenvalue weighted by atomic mass is 10.0. The predicted molar refractivity (Wildman–Crippen MR) is 104 cm³/mol. The Hall–Kier alpha value is -1.59. The Bertz CT molecular complexity index is 734. The van der Waals surface area contributed by atoms with Crippen molar-refractivity contribution < 1.29 is 14.4 Å². The third-order valence-corrected chi connectivity index (χ3v) is 5.18. The van der Waals surface area contributed by atoms with Gasteiger partial charge in [-0.1, -0.05) is 59.6 Å². The number of hydrogen-bond donors (Lipinski definition) is 2. The van der Waals surface area contributed by atoms with Crippen molar-refractivity contribution >= 4 is 29.1 Å². The van der Waals surface area contributed by atoms with Crippen LogP contribution in [0.25, 0.3) is 0 Å². The average molecular weight is 394 g/mol. The summed E-state index contributed by atoms with van der Waals surface area (Å²) in [5, 5.41) is 4.26. The summed E-state index contributed by atoms with van der Waals surface area (Å²) < 4.78 is 5.44. The lowest BCUT2D eigenvalue weighted by molar-refractivity contribution is -0.909. The maximum absolute atomic E-state index is 12.6. The second-order valence-corrected chi connectivity index (χ2v) is 7.35. The van der Waals surface area contributed by atoms with Gasteiger partial charge in [-0.15, -0.1) is 0 Å². The van der Waals surface area contributed by atoms with Crippen molar-refractivity contribution in [3.63, 3.8) is 0 Å². The molecule has 6 heteroatoms. The molecule has 138 valence electrons. The number of quaternary nitrogens is 1. The van der Waals surface area contributed by atoms with Gasteiger partial charge in [0.2, 0.25) is 5.91 Å². The lowest BCUT2D eigenvalue weighted by Crippen LogP contribution is -3.14. The molecule has 0 unspecified atom stereocenters. The van der Waals surface area contributed by atoms with Crippen LogP contribution in [0.3, 0.4) is 0 Å². The Labute approximate surface area is 164 Å². The molecule has 1 saturated heterocycles. The van der Waals surface area contributed by atoms with E-state index >= 15 is 0 Å². The maximum Gasteiger partial charge on any atom is 0.225 e. The van der Waals surface area contributed by atoms with Crippen molar-refractivity contribution in [2.75, 3.05) is 32.8 Å². The van der Waals surface area contributed by atoms with Gasteiger partial charge in [0.1, 0.15) is 25.7 Å². The molecule has 1 atom stereocenters. The van der Waals surface area contributed by atoms with E-state index in [-0.39, 0.29) is 18.4 Å². The van der Waals surface area contributed by atoms with Crippen molar-refractivity contribution in [2.45, 2.75) is 12.5 Å². The third-order valence-electron chi connectivity index (χ3n) is 4.60. The number of morpholine rings is 1. The molecule has 1 fully saturated rings. The first-order chi connectivity index (χ1) is 12.6. The molecule has 1 amide bonds. The van der Waals surface area contributed by atoms with Crippen LogP contribution in [0.2, 0.25) is 10.0 Å². The highest BCUT2D eigenvalue weighted by atomic mass is 35.5. The van der Waals surface area contributed by atoms with Gasteiger partial charge in [0.15, 0.2) is 0 Å². The Morgan fingerprint density at radius 2 is 1.85 bits per heavy atom. The quantitative estimate of drug-likeness (QED) is 0.790. The van der Waals surface area contributed by atoms with Crippen molar-refractivity contribution in [1.29, 1.82) is 0 Å². The standard InChI is InChI=1S/C20H22Cl2N2O2/c21-17-7-6-16(18(22)13-17)12-20(25)23-19(15-4-2-1-3-5-15)14-24-8-10-26-11-9-24/h1-7,13,19H,8-12,14H2,(H,23,25)/p+1/t19-/m0/s1. The van der Waals surface area contributed by atoms with E-state index in [0.29, 0.717) is 10.0 Å². The molecular formula is C20H23Cl2N2O2+. The van der Waals surface area contributed by atoms with Crippen LogP contribution in [0.5, 0.6) is 0 Å². The Kier molecular flexibility index (Phi) is 6.92. The highest BCUT2D eigenvalue weighted by molar-refractivity contribution is 6.35. The number of rotatable bonds is 6. The van der Waals surface area contributed by atoms with Crippen LogP contribution in [0.4, 0.5) is 0 Å². The number of amides is 1. The topological polar surface area (TPSA) is 42.8 Å². The second-order valence-electron chi connectivity index (χ2n) is 6.51. The minimum atomic E-state index is -0.0456.